The van der Waals surface area contributed by atoms with Crippen LogP contribution in [-0.4, -0.2) is 19.6 Å². The lowest BCUT2D eigenvalue weighted by Crippen LogP contribution is -2.27. The molecular weight excluding hydrogens is 293 g/mol. The molecule has 3 nitrogen and oxygen atoms in total. The Balaban J connectivity index is 1.99. The van der Waals surface area contributed by atoms with Crippen LogP contribution in [-0.2, 0) is 6.42 Å². The maximum absolute atomic E-state index is 13.6. The van der Waals surface area contributed by atoms with E-state index in [4.69, 9.17) is 16.3 Å². The molecule has 110 valence electrons. The van der Waals surface area contributed by atoms with Gasteiger partial charge < -0.3 is 10.1 Å². The third kappa shape index (κ3) is 3.73. The number of benzene rings is 2. The van der Waals surface area contributed by atoms with Gasteiger partial charge in [0.1, 0.15) is 11.6 Å². The monoisotopic (exact) mass is 307 g/mol. The number of para-hydroxylation sites is 1. The summed E-state index contributed by atoms with van der Waals surface area (Å²) in [6.45, 7) is 0.365. The molecule has 0 spiro atoms. The molecule has 0 aliphatic rings. The Morgan fingerprint density at radius 1 is 1.24 bits per heavy atom. The second-order valence-corrected chi connectivity index (χ2v) is 4.82. The zero-order valence-corrected chi connectivity index (χ0v) is 12.3. The number of methoxy groups -OCH3 is 1. The number of carbonyl (C=O) groups excluding carboxylic acids is 1. The maximum atomic E-state index is 13.6. The predicted octanol–water partition coefficient (Wildman–Crippen LogP) is 3.46. The van der Waals surface area contributed by atoms with E-state index < -0.39 is 11.7 Å². The molecule has 0 aromatic heterocycles. The van der Waals surface area contributed by atoms with Gasteiger partial charge in [0.15, 0.2) is 0 Å². The Morgan fingerprint density at radius 2 is 2.00 bits per heavy atom. The minimum Gasteiger partial charge on any atom is -0.496 e. The van der Waals surface area contributed by atoms with Gasteiger partial charge in [-0.1, -0.05) is 35.9 Å². The summed E-state index contributed by atoms with van der Waals surface area (Å²) in [6, 6.07) is 11.7. The molecule has 21 heavy (non-hydrogen) atoms. The standard InChI is InChI=1S/C16H15ClFNO2/c1-21-14-8-3-2-5-11(14)9-10-19-16(20)15-12(17)6-4-7-13(15)18/h2-8H,9-10H2,1H3,(H,19,20). The fraction of sp³-hybridized carbons (Fsp3) is 0.188. The highest BCUT2D eigenvalue weighted by Gasteiger charge is 2.15. The lowest BCUT2D eigenvalue weighted by molar-refractivity contribution is 0.0950. The third-order valence-corrected chi connectivity index (χ3v) is 3.38. The highest BCUT2D eigenvalue weighted by molar-refractivity contribution is 6.33. The number of nitrogens with one attached hydrogen (secondary N) is 1. The van der Waals surface area contributed by atoms with Crippen LogP contribution in [0.4, 0.5) is 4.39 Å². The first-order valence-electron chi connectivity index (χ1n) is 6.47. The van der Waals surface area contributed by atoms with Crippen LogP contribution < -0.4 is 10.1 Å². The Bertz CT molecular complexity index is 626. The molecule has 0 saturated heterocycles. The molecule has 0 heterocycles. The fourth-order valence-corrected chi connectivity index (χ4v) is 2.27. The van der Waals surface area contributed by atoms with Gasteiger partial charge in [0.05, 0.1) is 17.7 Å². The predicted molar refractivity (Wildman–Crippen MR) is 80.4 cm³/mol. The molecule has 0 atom stereocenters. The van der Waals surface area contributed by atoms with E-state index in [-0.39, 0.29) is 10.6 Å². The van der Waals surface area contributed by atoms with Crippen molar-refractivity contribution in [3.05, 3.63) is 64.4 Å². The highest BCUT2D eigenvalue weighted by Crippen LogP contribution is 2.19. The van der Waals surface area contributed by atoms with Crippen LogP contribution in [0.15, 0.2) is 42.5 Å². The summed E-state index contributed by atoms with van der Waals surface area (Å²) in [5.41, 5.74) is 0.846. The molecule has 0 radical (unpaired) electrons. The molecule has 0 bridgehead atoms. The quantitative estimate of drug-likeness (QED) is 0.918. The summed E-state index contributed by atoms with van der Waals surface area (Å²) in [4.78, 5) is 12.0. The van der Waals surface area contributed by atoms with Crippen LogP contribution in [0.25, 0.3) is 0 Å². The molecule has 0 aliphatic heterocycles. The van der Waals surface area contributed by atoms with Crippen molar-refractivity contribution < 1.29 is 13.9 Å². The van der Waals surface area contributed by atoms with Gasteiger partial charge in [0.25, 0.3) is 5.91 Å². The molecular formula is C16H15ClFNO2. The van der Waals surface area contributed by atoms with E-state index in [1.165, 1.54) is 18.2 Å². The molecule has 2 aromatic carbocycles. The SMILES string of the molecule is COc1ccccc1CCNC(=O)c1c(F)cccc1Cl. The average molecular weight is 308 g/mol. The zero-order chi connectivity index (χ0) is 15.2. The van der Waals surface area contributed by atoms with E-state index in [2.05, 4.69) is 5.32 Å². The fourth-order valence-electron chi connectivity index (χ4n) is 2.02. The van der Waals surface area contributed by atoms with Gasteiger partial charge in [-0.25, -0.2) is 4.39 Å². The third-order valence-electron chi connectivity index (χ3n) is 3.06. The first-order chi connectivity index (χ1) is 10.1. The van der Waals surface area contributed by atoms with Gasteiger partial charge in [-0.15, -0.1) is 0 Å². The molecule has 2 rings (SSSR count). The number of amides is 1. The summed E-state index contributed by atoms with van der Waals surface area (Å²) in [7, 11) is 1.59. The minimum absolute atomic E-state index is 0.102. The summed E-state index contributed by atoms with van der Waals surface area (Å²) in [6.07, 6.45) is 0.585. The normalized spacial score (nSPS) is 10.2. The second-order valence-electron chi connectivity index (χ2n) is 4.41. The lowest BCUT2D eigenvalue weighted by Gasteiger charge is -2.10. The van der Waals surface area contributed by atoms with Gasteiger partial charge in [-0.3, -0.25) is 4.79 Å². The number of ether oxygens (including phenoxy) is 1. The first-order valence-corrected chi connectivity index (χ1v) is 6.85. The van der Waals surface area contributed by atoms with E-state index in [9.17, 15) is 9.18 Å². The summed E-state index contributed by atoms with van der Waals surface area (Å²) in [5, 5.41) is 2.76. The van der Waals surface area contributed by atoms with Crippen molar-refractivity contribution in [1.29, 1.82) is 0 Å². The number of carbonyl (C=O) groups is 1. The van der Waals surface area contributed by atoms with Crippen LogP contribution in [0.1, 0.15) is 15.9 Å². The molecule has 0 aliphatic carbocycles. The van der Waals surface area contributed by atoms with Crippen molar-refractivity contribution in [1.82, 2.24) is 5.32 Å². The molecule has 1 amide bonds. The Morgan fingerprint density at radius 3 is 2.71 bits per heavy atom. The van der Waals surface area contributed by atoms with Gasteiger partial charge in [0, 0.05) is 6.54 Å². The summed E-state index contributed by atoms with van der Waals surface area (Å²) in [5.74, 6) is -0.388. The van der Waals surface area contributed by atoms with Gasteiger partial charge in [0.2, 0.25) is 0 Å². The second kappa shape index (κ2) is 7.09. The zero-order valence-electron chi connectivity index (χ0n) is 11.5. The van der Waals surface area contributed by atoms with Gasteiger partial charge in [-0.05, 0) is 30.2 Å². The smallest absolute Gasteiger partial charge is 0.255 e. The van der Waals surface area contributed by atoms with E-state index in [0.29, 0.717) is 13.0 Å². The molecule has 5 heteroatoms. The summed E-state index contributed by atoms with van der Waals surface area (Å²) < 4.78 is 18.8. The van der Waals surface area contributed by atoms with Crippen LogP contribution >= 0.6 is 11.6 Å². The Hall–Kier alpha value is -2.07. The largest absolute Gasteiger partial charge is 0.496 e. The van der Waals surface area contributed by atoms with Crippen LogP contribution in [0.2, 0.25) is 5.02 Å². The minimum atomic E-state index is -0.628. The molecule has 2 aromatic rings. The first kappa shape index (κ1) is 15.3. The number of hydrogen-bond acceptors (Lipinski definition) is 2. The topological polar surface area (TPSA) is 38.3 Å². The van der Waals surface area contributed by atoms with Crippen molar-refractivity contribution in [3.8, 4) is 5.75 Å². The molecule has 0 fully saturated rings. The number of halogens is 2. The van der Waals surface area contributed by atoms with Gasteiger partial charge in [-0.2, -0.15) is 0 Å². The van der Waals surface area contributed by atoms with Crippen LogP contribution in [0.3, 0.4) is 0 Å². The molecule has 0 saturated carbocycles. The Labute approximate surface area is 127 Å². The van der Waals surface area contributed by atoms with Crippen LogP contribution in [0, 0.1) is 5.82 Å². The summed E-state index contributed by atoms with van der Waals surface area (Å²) >= 11 is 5.85. The van der Waals surface area contributed by atoms with Crippen molar-refractivity contribution in [2.24, 2.45) is 0 Å². The van der Waals surface area contributed by atoms with E-state index in [1.54, 1.807) is 7.11 Å². The van der Waals surface area contributed by atoms with E-state index in [0.717, 1.165) is 11.3 Å². The van der Waals surface area contributed by atoms with Gasteiger partial charge >= 0.3 is 0 Å². The maximum Gasteiger partial charge on any atom is 0.255 e. The number of rotatable bonds is 5. The molecule has 0 unspecified atom stereocenters. The van der Waals surface area contributed by atoms with E-state index >= 15 is 0 Å². The van der Waals surface area contributed by atoms with Crippen molar-refractivity contribution in [2.45, 2.75) is 6.42 Å². The van der Waals surface area contributed by atoms with Crippen LogP contribution in [0.5, 0.6) is 5.75 Å². The van der Waals surface area contributed by atoms with Crippen molar-refractivity contribution in [2.75, 3.05) is 13.7 Å². The van der Waals surface area contributed by atoms with Crippen molar-refractivity contribution in [3.63, 3.8) is 0 Å². The van der Waals surface area contributed by atoms with E-state index in [1.807, 2.05) is 24.3 Å². The molecule has 1 N–H and O–H groups in total. The number of hydrogen-bond donors (Lipinski definition) is 1. The average Bonchev–Trinajstić information content (AvgIpc) is 2.47. The highest BCUT2D eigenvalue weighted by atomic mass is 35.5. The lowest BCUT2D eigenvalue weighted by atomic mass is 10.1. The van der Waals surface area contributed by atoms with Crippen molar-refractivity contribution >= 4 is 17.5 Å². The Kier molecular flexibility index (Phi) is 5.17.